The first-order chi connectivity index (χ1) is 20.8. The van der Waals surface area contributed by atoms with Crippen molar-refractivity contribution in [1.29, 1.82) is 0 Å². The fraction of sp³-hybridized carbons (Fsp3) is 0.552. The van der Waals surface area contributed by atoms with Gasteiger partial charge in [-0.15, -0.1) is 0 Å². The first kappa shape index (κ1) is 32.1. The number of hydrogen-bond donors (Lipinski definition) is 2. The molecule has 0 bridgehead atoms. The summed E-state index contributed by atoms with van der Waals surface area (Å²) in [6.07, 6.45) is -0.564. The number of rotatable bonds is 9. The van der Waals surface area contributed by atoms with Crippen molar-refractivity contribution in [2.24, 2.45) is 0 Å². The molecule has 1 aromatic carbocycles. The zero-order valence-corrected chi connectivity index (χ0v) is 25.3. The van der Waals surface area contributed by atoms with E-state index in [1.165, 1.54) is 10.6 Å². The number of nitrogens with zero attached hydrogens (tertiary/aromatic N) is 4. The third-order valence-electron chi connectivity index (χ3n) is 8.08. The van der Waals surface area contributed by atoms with Crippen LogP contribution in [0.4, 0.5) is 29.2 Å². The molecule has 0 amide bonds. The van der Waals surface area contributed by atoms with Gasteiger partial charge in [-0.2, -0.15) is 18.2 Å². The molecule has 0 unspecified atom stereocenters. The summed E-state index contributed by atoms with van der Waals surface area (Å²) in [4.78, 5) is 25.3. The zero-order valence-electron chi connectivity index (χ0n) is 24.5. The number of ether oxygens (including phenoxy) is 1. The largest absolute Gasteiger partial charge is 0.390 e. The van der Waals surface area contributed by atoms with E-state index in [9.17, 15) is 30.8 Å². The number of sulfonamides is 1. The summed E-state index contributed by atoms with van der Waals surface area (Å²) in [5, 5.41) is 3.98. The minimum atomic E-state index is -4.67. The van der Waals surface area contributed by atoms with Gasteiger partial charge in [0.05, 0.1) is 31.1 Å². The highest BCUT2D eigenvalue weighted by Gasteiger charge is 2.30. The van der Waals surface area contributed by atoms with Crippen molar-refractivity contribution in [3.05, 3.63) is 46.6 Å². The summed E-state index contributed by atoms with van der Waals surface area (Å²) < 4.78 is 85.3. The maximum absolute atomic E-state index is 15.0. The van der Waals surface area contributed by atoms with Crippen LogP contribution in [0, 0.1) is 5.82 Å². The monoisotopic (exact) mass is 640 g/mol. The number of pyridine rings is 1. The summed E-state index contributed by atoms with van der Waals surface area (Å²) in [6, 6.07) is 5.39. The Balaban J connectivity index is 1.35. The Kier molecular flexibility index (Phi) is 9.47. The second-order valence-corrected chi connectivity index (χ2v) is 13.4. The van der Waals surface area contributed by atoms with Crippen LogP contribution in [0.5, 0.6) is 0 Å². The molecule has 1 saturated heterocycles. The number of aromatic nitrogens is 3. The molecule has 44 heavy (non-hydrogen) atoms. The van der Waals surface area contributed by atoms with Crippen molar-refractivity contribution in [3.8, 4) is 11.1 Å². The SMILES string of the molecule is CC(C)n1c(=O)c(-c2ccc(NS(=O)(=O)CCC(F)(F)F)c(F)c2)cc2cnc(N[C@H]3CC[C@H](N4CCOCC4)CC3)nc21. The minimum Gasteiger partial charge on any atom is -0.379 e. The predicted molar refractivity (Wildman–Crippen MR) is 160 cm³/mol. The summed E-state index contributed by atoms with van der Waals surface area (Å²) in [7, 11) is -4.45. The molecule has 2 fully saturated rings. The lowest BCUT2D eigenvalue weighted by atomic mass is 9.90. The van der Waals surface area contributed by atoms with Gasteiger partial charge < -0.3 is 10.1 Å². The molecule has 3 aromatic rings. The number of alkyl halides is 3. The van der Waals surface area contributed by atoms with E-state index in [0.29, 0.717) is 23.0 Å². The lowest BCUT2D eigenvalue weighted by Crippen LogP contribution is -2.46. The number of fused-ring (bicyclic) bond motifs is 1. The Labute approximate surface area is 252 Å². The first-order valence-corrected chi connectivity index (χ1v) is 16.3. The van der Waals surface area contributed by atoms with Crippen molar-refractivity contribution in [3.63, 3.8) is 0 Å². The number of benzene rings is 1. The lowest BCUT2D eigenvalue weighted by molar-refractivity contribution is -0.129. The van der Waals surface area contributed by atoms with Gasteiger partial charge in [0.1, 0.15) is 11.5 Å². The Morgan fingerprint density at radius 1 is 1.09 bits per heavy atom. The molecule has 1 aliphatic heterocycles. The van der Waals surface area contributed by atoms with Crippen molar-refractivity contribution < 1.29 is 30.7 Å². The van der Waals surface area contributed by atoms with Gasteiger partial charge in [-0.25, -0.2) is 17.8 Å². The summed E-state index contributed by atoms with van der Waals surface area (Å²) in [5.41, 5.74) is -0.216. The molecule has 2 aliphatic rings. The zero-order chi connectivity index (χ0) is 31.6. The maximum atomic E-state index is 15.0. The van der Waals surface area contributed by atoms with Crippen molar-refractivity contribution in [2.75, 3.05) is 42.1 Å². The van der Waals surface area contributed by atoms with Crippen LogP contribution < -0.4 is 15.6 Å². The maximum Gasteiger partial charge on any atom is 0.390 e. The normalized spacial score (nSPS) is 20.2. The molecular weight excluding hydrogens is 604 g/mol. The molecule has 5 rings (SSSR count). The van der Waals surface area contributed by atoms with Crippen LogP contribution in [0.2, 0.25) is 0 Å². The first-order valence-electron chi connectivity index (χ1n) is 14.7. The van der Waals surface area contributed by atoms with Gasteiger partial charge in [-0.05, 0) is 63.3 Å². The summed E-state index contributed by atoms with van der Waals surface area (Å²) in [5.74, 6) is -1.86. The second-order valence-electron chi connectivity index (χ2n) is 11.6. The van der Waals surface area contributed by atoms with Crippen molar-refractivity contribution in [2.45, 2.75) is 70.3 Å². The Morgan fingerprint density at radius 3 is 2.43 bits per heavy atom. The molecule has 1 aliphatic carbocycles. The average molecular weight is 641 g/mol. The van der Waals surface area contributed by atoms with Gasteiger partial charge in [-0.3, -0.25) is 19.0 Å². The highest BCUT2D eigenvalue weighted by molar-refractivity contribution is 7.92. The van der Waals surface area contributed by atoms with E-state index in [1.807, 2.05) is 18.6 Å². The predicted octanol–water partition coefficient (Wildman–Crippen LogP) is 4.93. The van der Waals surface area contributed by atoms with Gasteiger partial charge in [0.2, 0.25) is 16.0 Å². The van der Waals surface area contributed by atoms with E-state index in [1.54, 1.807) is 12.3 Å². The minimum absolute atomic E-state index is 0.141. The molecule has 10 nitrogen and oxygen atoms in total. The number of halogens is 4. The van der Waals surface area contributed by atoms with Crippen LogP contribution in [-0.2, 0) is 14.8 Å². The van der Waals surface area contributed by atoms with E-state index >= 15 is 0 Å². The van der Waals surface area contributed by atoms with E-state index in [-0.39, 0.29) is 23.2 Å². The highest BCUT2D eigenvalue weighted by Crippen LogP contribution is 2.29. The fourth-order valence-electron chi connectivity index (χ4n) is 5.82. The molecule has 1 saturated carbocycles. The third-order valence-corrected chi connectivity index (χ3v) is 9.35. The molecule has 2 aromatic heterocycles. The van der Waals surface area contributed by atoms with Crippen LogP contribution in [0.1, 0.15) is 52.0 Å². The van der Waals surface area contributed by atoms with Crippen molar-refractivity contribution in [1.82, 2.24) is 19.4 Å². The van der Waals surface area contributed by atoms with Crippen LogP contribution in [0.15, 0.2) is 35.3 Å². The van der Waals surface area contributed by atoms with Gasteiger partial charge in [0.25, 0.3) is 5.56 Å². The Morgan fingerprint density at radius 2 is 1.80 bits per heavy atom. The third kappa shape index (κ3) is 7.67. The number of morpholine rings is 1. The second kappa shape index (κ2) is 13.0. The Hall–Kier alpha value is -3.30. The smallest absolute Gasteiger partial charge is 0.379 e. The number of hydrogen-bond acceptors (Lipinski definition) is 8. The number of anilines is 2. The highest BCUT2D eigenvalue weighted by atomic mass is 32.2. The molecule has 15 heteroatoms. The quantitative estimate of drug-likeness (QED) is 0.317. The van der Waals surface area contributed by atoms with Crippen LogP contribution in [0.25, 0.3) is 22.2 Å². The van der Waals surface area contributed by atoms with Crippen LogP contribution in [-0.4, -0.2) is 78.2 Å². The lowest BCUT2D eigenvalue weighted by Gasteiger charge is -2.38. The molecule has 3 heterocycles. The summed E-state index contributed by atoms with van der Waals surface area (Å²) in [6.45, 7) is 7.13. The molecular formula is C29H36F4N6O4S. The standard InChI is InChI=1S/C29H36F4N6O4S/c1-18(2)39-26-20(17-34-28(36-26)35-21-4-6-22(7-5-21)38-10-12-43-13-11-38)15-23(27(39)40)19-3-8-25(24(30)16-19)37-44(41,42)14-9-29(31,32)33/h3,8,15-18,21-22,37H,4-7,9-14H2,1-2H3,(H,34,35,36)/t21-,22-. The van der Waals surface area contributed by atoms with Crippen LogP contribution >= 0.6 is 0 Å². The number of nitrogens with one attached hydrogen (secondary N) is 2. The van der Waals surface area contributed by atoms with E-state index in [0.717, 1.165) is 64.1 Å². The van der Waals surface area contributed by atoms with Crippen molar-refractivity contribution >= 4 is 32.7 Å². The van der Waals surface area contributed by atoms with Gasteiger partial charge in [0.15, 0.2) is 0 Å². The molecule has 0 spiro atoms. The topological polar surface area (TPSA) is 118 Å². The van der Waals surface area contributed by atoms with Gasteiger partial charge in [0, 0.05) is 48.4 Å². The van der Waals surface area contributed by atoms with E-state index in [4.69, 9.17) is 4.74 Å². The fourth-order valence-corrected chi connectivity index (χ4v) is 6.92. The van der Waals surface area contributed by atoms with E-state index < -0.39 is 45.4 Å². The van der Waals surface area contributed by atoms with E-state index in [2.05, 4.69) is 20.2 Å². The van der Waals surface area contributed by atoms with Crippen LogP contribution in [0.3, 0.4) is 0 Å². The Bertz CT molecular complexity index is 1650. The molecule has 2 N–H and O–H groups in total. The molecule has 0 atom stereocenters. The van der Waals surface area contributed by atoms with Gasteiger partial charge in [-0.1, -0.05) is 6.07 Å². The average Bonchev–Trinajstić information content (AvgIpc) is 2.97. The molecule has 240 valence electrons. The van der Waals surface area contributed by atoms with Gasteiger partial charge >= 0.3 is 6.18 Å². The molecule has 0 radical (unpaired) electrons. The summed E-state index contributed by atoms with van der Waals surface area (Å²) >= 11 is 0.